The highest BCUT2D eigenvalue weighted by molar-refractivity contribution is 6.30. The Bertz CT molecular complexity index is 1270. The van der Waals surface area contributed by atoms with Crippen LogP contribution in [0.1, 0.15) is 51.2 Å². The zero-order valence-corrected chi connectivity index (χ0v) is 22.1. The fourth-order valence-corrected chi connectivity index (χ4v) is 5.25. The molecule has 1 aromatic heterocycles. The Labute approximate surface area is 218 Å². The Hall–Kier alpha value is -3.18. The molecule has 1 unspecified atom stereocenters. The van der Waals surface area contributed by atoms with Crippen molar-refractivity contribution in [3.05, 3.63) is 83.0 Å². The van der Waals surface area contributed by atoms with Gasteiger partial charge >= 0.3 is 0 Å². The van der Waals surface area contributed by atoms with Gasteiger partial charge in [-0.05, 0) is 65.1 Å². The van der Waals surface area contributed by atoms with Crippen molar-refractivity contribution in [2.24, 2.45) is 11.3 Å². The molecule has 2 amide bonds. The molecule has 0 bridgehead atoms. The van der Waals surface area contributed by atoms with E-state index in [1.807, 2.05) is 61.2 Å². The molecule has 0 radical (unpaired) electrons. The number of benzene rings is 2. The monoisotopic (exact) mass is 503 g/mol. The Kier molecular flexibility index (Phi) is 7.79. The molecule has 1 aliphatic rings. The second-order valence-electron chi connectivity index (χ2n) is 10.7. The van der Waals surface area contributed by atoms with Gasteiger partial charge in [0.05, 0.1) is 5.52 Å². The summed E-state index contributed by atoms with van der Waals surface area (Å²) in [7, 11) is 0. The third kappa shape index (κ3) is 5.96. The normalized spacial score (nSPS) is 18.5. The van der Waals surface area contributed by atoms with Crippen LogP contribution in [-0.4, -0.2) is 40.8 Å². The molecular weight excluding hydrogens is 470 g/mol. The van der Waals surface area contributed by atoms with Crippen LogP contribution >= 0.6 is 11.6 Å². The maximum Gasteiger partial charge on any atom is 0.245 e. The number of fused-ring (bicyclic) bond motifs is 1. The van der Waals surface area contributed by atoms with Crippen LogP contribution in [-0.2, 0) is 9.59 Å². The third-order valence-electron chi connectivity index (χ3n) is 7.08. The Morgan fingerprint density at radius 3 is 2.56 bits per heavy atom. The molecule has 36 heavy (non-hydrogen) atoms. The molecule has 0 aliphatic carbocycles. The summed E-state index contributed by atoms with van der Waals surface area (Å²) in [5, 5.41) is 4.69. The van der Waals surface area contributed by atoms with Gasteiger partial charge in [0.25, 0.3) is 0 Å². The molecule has 1 aliphatic heterocycles. The molecule has 1 fully saturated rings. The van der Waals surface area contributed by atoms with Crippen molar-refractivity contribution in [2.75, 3.05) is 13.1 Å². The van der Waals surface area contributed by atoms with Gasteiger partial charge in [-0.25, -0.2) is 0 Å². The standard InChI is InChI=1S/C30H34ClN3O2/c1-20(2)28(33-27(35)14-9-21-17-23-7-5-6-8-26(23)32-18-21)29(36)34-16-15-25(30(3,4)19-34)22-10-12-24(31)13-11-22/h5-14,17-18,20,25,28H,15-16,19H2,1-4H3,(H,33,35)/b14-9+/t25?,28-/m1/s1. The van der Waals surface area contributed by atoms with Gasteiger partial charge in [-0.2, -0.15) is 0 Å². The predicted octanol–water partition coefficient (Wildman–Crippen LogP) is 6.08. The molecule has 2 atom stereocenters. The fourth-order valence-electron chi connectivity index (χ4n) is 5.12. The first kappa shape index (κ1) is 25.9. The van der Waals surface area contributed by atoms with E-state index in [0.29, 0.717) is 19.0 Å². The minimum absolute atomic E-state index is 0.0262. The number of aromatic nitrogens is 1. The number of likely N-dealkylation sites (tertiary alicyclic amines) is 1. The summed E-state index contributed by atoms with van der Waals surface area (Å²) in [6.45, 7) is 9.63. The van der Waals surface area contributed by atoms with Crippen LogP contribution in [0, 0.1) is 11.3 Å². The van der Waals surface area contributed by atoms with Gasteiger partial charge in [-0.3, -0.25) is 14.6 Å². The van der Waals surface area contributed by atoms with Gasteiger partial charge < -0.3 is 10.2 Å². The minimum Gasteiger partial charge on any atom is -0.340 e. The maximum atomic E-state index is 13.5. The van der Waals surface area contributed by atoms with Crippen LogP contribution < -0.4 is 5.32 Å². The molecule has 2 heterocycles. The fraction of sp³-hybridized carbons (Fsp3) is 0.367. The first-order valence-electron chi connectivity index (χ1n) is 12.5. The SMILES string of the molecule is CC(C)[C@@H](NC(=O)/C=C/c1cnc2ccccc2c1)C(=O)N1CCC(c2ccc(Cl)cc2)C(C)(C)C1. The molecule has 0 spiro atoms. The van der Waals surface area contributed by atoms with Gasteiger partial charge in [-0.1, -0.05) is 69.6 Å². The number of pyridine rings is 1. The van der Waals surface area contributed by atoms with Crippen LogP contribution in [0.3, 0.4) is 0 Å². The van der Waals surface area contributed by atoms with E-state index in [0.717, 1.165) is 27.9 Å². The van der Waals surface area contributed by atoms with Gasteiger partial charge in [0.1, 0.15) is 6.04 Å². The van der Waals surface area contributed by atoms with Crippen LogP contribution in [0.25, 0.3) is 17.0 Å². The van der Waals surface area contributed by atoms with Crippen molar-refractivity contribution >= 4 is 40.4 Å². The van der Waals surface area contributed by atoms with E-state index in [1.54, 1.807) is 12.3 Å². The van der Waals surface area contributed by atoms with E-state index >= 15 is 0 Å². The van der Waals surface area contributed by atoms with Crippen molar-refractivity contribution < 1.29 is 9.59 Å². The van der Waals surface area contributed by atoms with Gasteiger partial charge in [-0.15, -0.1) is 0 Å². The molecule has 1 N–H and O–H groups in total. The molecule has 5 nitrogen and oxygen atoms in total. The number of piperidine rings is 1. The molecule has 1 saturated heterocycles. The average Bonchev–Trinajstić information content (AvgIpc) is 2.85. The van der Waals surface area contributed by atoms with Crippen molar-refractivity contribution in [3.63, 3.8) is 0 Å². The summed E-state index contributed by atoms with van der Waals surface area (Å²) in [4.78, 5) is 32.6. The lowest BCUT2D eigenvalue weighted by Gasteiger charge is -2.45. The molecule has 3 aromatic rings. The molecular formula is C30H34ClN3O2. The second kappa shape index (κ2) is 10.8. The highest BCUT2D eigenvalue weighted by atomic mass is 35.5. The number of rotatable bonds is 6. The van der Waals surface area contributed by atoms with Gasteiger partial charge in [0.15, 0.2) is 0 Å². The Balaban J connectivity index is 1.41. The van der Waals surface area contributed by atoms with Crippen molar-refractivity contribution in [1.82, 2.24) is 15.2 Å². The number of amides is 2. The van der Waals surface area contributed by atoms with Crippen LogP contribution in [0.15, 0.2) is 66.9 Å². The highest BCUT2D eigenvalue weighted by Crippen LogP contribution is 2.42. The molecule has 4 rings (SSSR count). The third-order valence-corrected chi connectivity index (χ3v) is 7.33. The van der Waals surface area contributed by atoms with Crippen LogP contribution in [0.2, 0.25) is 5.02 Å². The number of nitrogens with one attached hydrogen (secondary N) is 1. The molecule has 2 aromatic carbocycles. The topological polar surface area (TPSA) is 62.3 Å². The number of hydrogen-bond acceptors (Lipinski definition) is 3. The minimum atomic E-state index is -0.584. The average molecular weight is 504 g/mol. The zero-order valence-electron chi connectivity index (χ0n) is 21.4. The van der Waals surface area contributed by atoms with E-state index in [-0.39, 0.29) is 23.1 Å². The highest BCUT2D eigenvalue weighted by Gasteiger charge is 2.40. The van der Waals surface area contributed by atoms with Crippen LogP contribution in [0.5, 0.6) is 0 Å². The van der Waals surface area contributed by atoms with Gasteiger partial charge in [0.2, 0.25) is 11.8 Å². The predicted molar refractivity (Wildman–Crippen MR) is 147 cm³/mol. The smallest absolute Gasteiger partial charge is 0.245 e. The number of hydrogen-bond donors (Lipinski definition) is 1. The second-order valence-corrected chi connectivity index (χ2v) is 11.1. The lowest BCUT2D eigenvalue weighted by Crippen LogP contribution is -2.55. The van der Waals surface area contributed by atoms with Gasteiger partial charge in [0, 0.05) is 35.8 Å². The maximum absolute atomic E-state index is 13.5. The number of carbonyl (C=O) groups excluding carboxylic acids is 2. The first-order valence-corrected chi connectivity index (χ1v) is 12.9. The van der Waals surface area contributed by atoms with E-state index in [4.69, 9.17) is 11.6 Å². The Morgan fingerprint density at radius 2 is 1.86 bits per heavy atom. The quantitative estimate of drug-likeness (QED) is 0.414. The lowest BCUT2D eigenvalue weighted by atomic mass is 9.70. The molecule has 0 saturated carbocycles. The summed E-state index contributed by atoms with van der Waals surface area (Å²) < 4.78 is 0. The summed E-state index contributed by atoms with van der Waals surface area (Å²) in [5.41, 5.74) is 2.89. The molecule has 188 valence electrons. The lowest BCUT2D eigenvalue weighted by molar-refractivity contribution is -0.140. The summed E-state index contributed by atoms with van der Waals surface area (Å²) in [5.74, 6) is -0.00837. The summed E-state index contributed by atoms with van der Waals surface area (Å²) in [6, 6.07) is 17.3. The Morgan fingerprint density at radius 1 is 1.14 bits per heavy atom. The van der Waals surface area contributed by atoms with Crippen LogP contribution in [0.4, 0.5) is 0 Å². The molecule has 6 heteroatoms. The van der Waals surface area contributed by atoms with E-state index in [9.17, 15) is 9.59 Å². The number of para-hydroxylation sites is 1. The number of nitrogens with zero attached hydrogens (tertiary/aromatic N) is 2. The van der Waals surface area contributed by atoms with E-state index in [1.165, 1.54) is 11.6 Å². The van der Waals surface area contributed by atoms with E-state index in [2.05, 4.69) is 36.3 Å². The largest absolute Gasteiger partial charge is 0.340 e. The zero-order chi connectivity index (χ0) is 25.9. The summed E-state index contributed by atoms with van der Waals surface area (Å²) >= 11 is 6.08. The van der Waals surface area contributed by atoms with E-state index < -0.39 is 6.04 Å². The van der Waals surface area contributed by atoms with Crippen molar-refractivity contribution in [3.8, 4) is 0 Å². The van der Waals surface area contributed by atoms with Crippen molar-refractivity contribution in [2.45, 2.75) is 46.1 Å². The first-order chi connectivity index (χ1) is 17.1. The summed E-state index contributed by atoms with van der Waals surface area (Å²) in [6.07, 6.45) is 5.82. The van der Waals surface area contributed by atoms with Crippen molar-refractivity contribution in [1.29, 1.82) is 0 Å². The number of carbonyl (C=O) groups is 2. The number of halogens is 1.